The lowest BCUT2D eigenvalue weighted by atomic mass is 10.1. The Morgan fingerprint density at radius 1 is 1.53 bits per heavy atom. The Balaban J connectivity index is 2.87. The first-order chi connectivity index (χ1) is 8.99. The molecule has 1 rings (SSSR count). The molecule has 0 aliphatic rings. The van der Waals surface area contributed by atoms with Gasteiger partial charge in [-0.2, -0.15) is 0 Å². The Labute approximate surface area is 111 Å². The molecular weight excluding hydrogens is 246 g/mol. The van der Waals surface area contributed by atoms with Crippen LogP contribution in [0.4, 0.5) is 0 Å². The van der Waals surface area contributed by atoms with Crippen molar-refractivity contribution in [1.82, 2.24) is 5.32 Å². The van der Waals surface area contributed by atoms with Gasteiger partial charge in [-0.1, -0.05) is 18.5 Å². The number of hydrogen-bond donors (Lipinski definition) is 4. The minimum Gasteiger partial charge on any atom is -0.508 e. The molecule has 1 unspecified atom stereocenters. The Morgan fingerprint density at radius 2 is 2.21 bits per heavy atom. The van der Waals surface area contributed by atoms with E-state index < -0.39 is 6.04 Å². The Bertz CT molecular complexity index is 486. The lowest BCUT2D eigenvalue weighted by Crippen LogP contribution is -2.44. The molecule has 0 aromatic heterocycles. The number of oxime groups is 1. The first-order valence-electron chi connectivity index (χ1n) is 6.07. The molecule has 0 saturated heterocycles. The summed E-state index contributed by atoms with van der Waals surface area (Å²) < 4.78 is 0. The second-order valence-corrected chi connectivity index (χ2v) is 4.34. The van der Waals surface area contributed by atoms with Gasteiger partial charge < -0.3 is 21.4 Å². The van der Waals surface area contributed by atoms with Gasteiger partial charge in [-0.05, 0) is 37.1 Å². The van der Waals surface area contributed by atoms with Crippen LogP contribution in [0.15, 0.2) is 23.4 Å². The summed E-state index contributed by atoms with van der Waals surface area (Å²) in [6, 6.07) is 3.98. The standard InChI is InChI=1S/C13H19N3O3/c1-3-4-11(12(14)16-19)15-13(18)10-6-5-9(17)7-8(10)2/h5-7,11,17,19H,3-4H2,1-2H3,(H2,14,16)(H,15,18). The number of amides is 1. The molecule has 0 radical (unpaired) electrons. The van der Waals surface area contributed by atoms with E-state index in [2.05, 4.69) is 10.5 Å². The van der Waals surface area contributed by atoms with Crippen LogP contribution >= 0.6 is 0 Å². The Kier molecular flexibility index (Phi) is 5.17. The molecule has 1 amide bonds. The molecule has 0 aliphatic carbocycles. The van der Waals surface area contributed by atoms with Crippen molar-refractivity contribution < 1.29 is 15.1 Å². The van der Waals surface area contributed by atoms with Crippen molar-refractivity contribution in [2.45, 2.75) is 32.7 Å². The number of nitrogens with one attached hydrogen (secondary N) is 1. The van der Waals surface area contributed by atoms with E-state index in [0.717, 1.165) is 6.42 Å². The van der Waals surface area contributed by atoms with Gasteiger partial charge in [0.25, 0.3) is 5.91 Å². The minimum absolute atomic E-state index is 0.0216. The summed E-state index contributed by atoms with van der Waals surface area (Å²) >= 11 is 0. The molecule has 0 saturated carbocycles. The fourth-order valence-electron chi connectivity index (χ4n) is 1.79. The molecule has 0 spiro atoms. The lowest BCUT2D eigenvalue weighted by Gasteiger charge is -2.17. The minimum atomic E-state index is -0.504. The number of hydrogen-bond acceptors (Lipinski definition) is 4. The van der Waals surface area contributed by atoms with Gasteiger partial charge in [0.05, 0.1) is 6.04 Å². The van der Waals surface area contributed by atoms with Crippen molar-refractivity contribution in [2.75, 3.05) is 0 Å². The maximum atomic E-state index is 12.1. The fraction of sp³-hybridized carbons (Fsp3) is 0.385. The van der Waals surface area contributed by atoms with Crippen LogP contribution in [0.2, 0.25) is 0 Å². The third-order valence-electron chi connectivity index (χ3n) is 2.81. The summed E-state index contributed by atoms with van der Waals surface area (Å²) in [5, 5.41) is 23.6. The summed E-state index contributed by atoms with van der Waals surface area (Å²) in [6.45, 7) is 3.67. The van der Waals surface area contributed by atoms with Crippen LogP contribution in [0.1, 0.15) is 35.7 Å². The zero-order chi connectivity index (χ0) is 14.4. The Morgan fingerprint density at radius 3 is 2.74 bits per heavy atom. The van der Waals surface area contributed by atoms with Gasteiger partial charge >= 0.3 is 0 Å². The lowest BCUT2D eigenvalue weighted by molar-refractivity contribution is 0.0944. The summed E-state index contributed by atoms with van der Waals surface area (Å²) in [4.78, 5) is 12.1. The number of nitrogens with zero attached hydrogens (tertiary/aromatic N) is 1. The van der Waals surface area contributed by atoms with Crippen LogP contribution in [-0.2, 0) is 0 Å². The average molecular weight is 265 g/mol. The van der Waals surface area contributed by atoms with Gasteiger partial charge in [0.2, 0.25) is 0 Å². The molecule has 1 aromatic rings. The number of amidine groups is 1. The fourth-order valence-corrected chi connectivity index (χ4v) is 1.79. The first kappa shape index (κ1) is 14.8. The molecule has 0 aliphatic heterocycles. The van der Waals surface area contributed by atoms with Gasteiger partial charge in [0, 0.05) is 5.56 Å². The number of nitrogens with two attached hydrogens (primary N) is 1. The molecule has 1 atom stereocenters. The number of phenols is 1. The van der Waals surface area contributed by atoms with E-state index >= 15 is 0 Å². The third kappa shape index (κ3) is 3.87. The number of aryl methyl sites for hydroxylation is 1. The summed E-state index contributed by atoms with van der Waals surface area (Å²) in [7, 11) is 0. The van der Waals surface area contributed by atoms with Crippen molar-refractivity contribution in [3.8, 4) is 5.75 Å². The van der Waals surface area contributed by atoms with Crippen molar-refractivity contribution in [3.63, 3.8) is 0 Å². The second-order valence-electron chi connectivity index (χ2n) is 4.34. The van der Waals surface area contributed by atoms with E-state index in [9.17, 15) is 9.90 Å². The number of rotatable bonds is 5. The summed E-state index contributed by atoms with van der Waals surface area (Å²) in [6.07, 6.45) is 1.37. The second kappa shape index (κ2) is 6.63. The van der Waals surface area contributed by atoms with Gasteiger partial charge in [0.1, 0.15) is 5.75 Å². The van der Waals surface area contributed by atoms with Crippen LogP contribution in [0, 0.1) is 6.92 Å². The van der Waals surface area contributed by atoms with Crippen molar-refractivity contribution >= 4 is 11.7 Å². The molecule has 0 heterocycles. The Hall–Kier alpha value is -2.24. The predicted octanol–water partition coefficient (Wildman–Crippen LogP) is 1.35. The topological polar surface area (TPSA) is 108 Å². The van der Waals surface area contributed by atoms with Gasteiger partial charge in [-0.25, -0.2) is 0 Å². The largest absolute Gasteiger partial charge is 0.508 e. The van der Waals surface area contributed by atoms with E-state index in [1.807, 2.05) is 6.92 Å². The SMILES string of the molecule is CCCC(NC(=O)c1ccc(O)cc1C)/C(N)=N/O. The molecule has 6 nitrogen and oxygen atoms in total. The molecular formula is C13H19N3O3. The van der Waals surface area contributed by atoms with E-state index in [1.54, 1.807) is 6.92 Å². The normalized spacial score (nSPS) is 13.1. The monoisotopic (exact) mass is 265 g/mol. The number of benzene rings is 1. The van der Waals surface area contributed by atoms with Crippen LogP contribution in [0.3, 0.4) is 0 Å². The molecule has 5 N–H and O–H groups in total. The average Bonchev–Trinajstić information content (AvgIpc) is 2.37. The highest BCUT2D eigenvalue weighted by atomic mass is 16.4. The third-order valence-corrected chi connectivity index (χ3v) is 2.81. The first-order valence-corrected chi connectivity index (χ1v) is 6.07. The highest BCUT2D eigenvalue weighted by Gasteiger charge is 2.18. The smallest absolute Gasteiger partial charge is 0.252 e. The van der Waals surface area contributed by atoms with E-state index in [-0.39, 0.29) is 17.5 Å². The zero-order valence-corrected chi connectivity index (χ0v) is 11.1. The van der Waals surface area contributed by atoms with Gasteiger partial charge in [0.15, 0.2) is 5.84 Å². The number of carbonyl (C=O) groups excluding carboxylic acids is 1. The van der Waals surface area contributed by atoms with E-state index in [0.29, 0.717) is 17.5 Å². The number of phenolic OH excluding ortho intramolecular Hbond substituents is 1. The summed E-state index contributed by atoms with van der Waals surface area (Å²) in [5.74, 6) is -0.232. The molecule has 0 fully saturated rings. The van der Waals surface area contributed by atoms with E-state index in [1.165, 1.54) is 18.2 Å². The van der Waals surface area contributed by atoms with Crippen molar-refractivity contribution in [3.05, 3.63) is 29.3 Å². The number of carbonyl (C=O) groups is 1. The molecule has 6 heteroatoms. The van der Waals surface area contributed by atoms with Crippen LogP contribution < -0.4 is 11.1 Å². The zero-order valence-electron chi connectivity index (χ0n) is 11.1. The van der Waals surface area contributed by atoms with E-state index in [4.69, 9.17) is 10.9 Å². The van der Waals surface area contributed by atoms with Crippen LogP contribution in [0.25, 0.3) is 0 Å². The highest BCUT2D eigenvalue weighted by Crippen LogP contribution is 2.15. The number of aromatic hydroxyl groups is 1. The quantitative estimate of drug-likeness (QED) is 0.279. The van der Waals surface area contributed by atoms with Crippen molar-refractivity contribution in [2.24, 2.45) is 10.9 Å². The van der Waals surface area contributed by atoms with Crippen LogP contribution in [-0.4, -0.2) is 28.1 Å². The highest BCUT2D eigenvalue weighted by molar-refractivity contribution is 5.99. The predicted molar refractivity (Wildman–Crippen MR) is 72.4 cm³/mol. The maximum absolute atomic E-state index is 12.1. The molecule has 1 aromatic carbocycles. The maximum Gasteiger partial charge on any atom is 0.252 e. The van der Waals surface area contributed by atoms with Gasteiger partial charge in [-0.15, -0.1) is 0 Å². The van der Waals surface area contributed by atoms with Crippen LogP contribution in [0.5, 0.6) is 5.75 Å². The van der Waals surface area contributed by atoms with Gasteiger partial charge in [-0.3, -0.25) is 4.79 Å². The summed E-state index contributed by atoms with van der Waals surface area (Å²) in [5.41, 5.74) is 6.65. The molecule has 0 bridgehead atoms. The molecule has 19 heavy (non-hydrogen) atoms. The van der Waals surface area contributed by atoms with Crippen molar-refractivity contribution in [1.29, 1.82) is 0 Å². The molecule has 104 valence electrons.